The molecule has 2 aliphatic rings. The molecule has 0 radical (unpaired) electrons. The molecule has 0 aliphatic carbocycles. The van der Waals surface area contributed by atoms with E-state index in [1.807, 2.05) is 4.90 Å². The summed E-state index contributed by atoms with van der Waals surface area (Å²) in [7, 11) is 0. The van der Waals surface area contributed by atoms with E-state index in [1.165, 1.54) is 6.92 Å². The maximum atomic E-state index is 12.3. The van der Waals surface area contributed by atoms with Gasteiger partial charge >= 0.3 is 0 Å². The molecule has 2 saturated heterocycles. The van der Waals surface area contributed by atoms with Gasteiger partial charge in [0.2, 0.25) is 11.8 Å². The lowest BCUT2D eigenvalue weighted by Crippen LogP contribution is -2.50. The summed E-state index contributed by atoms with van der Waals surface area (Å²) >= 11 is 0. The van der Waals surface area contributed by atoms with Gasteiger partial charge in [0.15, 0.2) is 0 Å². The van der Waals surface area contributed by atoms with Gasteiger partial charge in [-0.05, 0) is 31.7 Å². The molecule has 0 saturated carbocycles. The number of carbonyl (C=O) groups excluding carboxylic acids is 2. The van der Waals surface area contributed by atoms with Crippen LogP contribution in [0.1, 0.15) is 33.1 Å². The van der Waals surface area contributed by atoms with Crippen molar-refractivity contribution in [3.8, 4) is 0 Å². The van der Waals surface area contributed by atoms with Crippen LogP contribution in [0.15, 0.2) is 0 Å². The average molecular weight is 253 g/mol. The highest BCUT2D eigenvalue weighted by Crippen LogP contribution is 2.19. The Morgan fingerprint density at radius 3 is 2.78 bits per heavy atom. The van der Waals surface area contributed by atoms with Crippen molar-refractivity contribution in [2.24, 2.45) is 5.92 Å². The molecule has 0 aromatic rings. The number of amides is 2. The lowest BCUT2D eigenvalue weighted by atomic mass is 9.93. The fourth-order valence-corrected chi connectivity index (χ4v) is 2.88. The van der Waals surface area contributed by atoms with E-state index >= 15 is 0 Å². The van der Waals surface area contributed by atoms with Crippen LogP contribution < -0.4 is 10.6 Å². The molecule has 5 heteroatoms. The van der Waals surface area contributed by atoms with Gasteiger partial charge in [-0.3, -0.25) is 9.59 Å². The fourth-order valence-electron chi connectivity index (χ4n) is 2.88. The second-order valence-corrected chi connectivity index (χ2v) is 5.61. The van der Waals surface area contributed by atoms with Crippen LogP contribution in [-0.2, 0) is 9.59 Å². The minimum atomic E-state index is -0.0233. The average Bonchev–Trinajstić information content (AvgIpc) is 2.75. The van der Waals surface area contributed by atoms with E-state index in [0.29, 0.717) is 12.5 Å². The second-order valence-electron chi connectivity index (χ2n) is 5.61. The molecule has 3 atom stereocenters. The van der Waals surface area contributed by atoms with E-state index in [0.717, 1.165) is 32.4 Å². The second kappa shape index (κ2) is 5.69. The van der Waals surface area contributed by atoms with E-state index in [2.05, 4.69) is 17.6 Å². The molecule has 3 unspecified atom stereocenters. The van der Waals surface area contributed by atoms with Gasteiger partial charge in [0.05, 0.1) is 6.04 Å². The van der Waals surface area contributed by atoms with Gasteiger partial charge in [0.1, 0.15) is 0 Å². The first-order valence-electron chi connectivity index (χ1n) is 6.85. The number of carbonyl (C=O) groups is 2. The number of piperidine rings is 1. The number of hydrogen-bond donors (Lipinski definition) is 2. The van der Waals surface area contributed by atoms with Gasteiger partial charge in [0.25, 0.3) is 0 Å². The van der Waals surface area contributed by atoms with Crippen LogP contribution in [0, 0.1) is 5.92 Å². The first kappa shape index (κ1) is 13.3. The van der Waals surface area contributed by atoms with Gasteiger partial charge in [-0.2, -0.15) is 0 Å². The number of nitrogens with zero attached hydrogens (tertiary/aromatic N) is 1. The Bertz CT molecular complexity index is 332. The zero-order valence-corrected chi connectivity index (χ0v) is 11.2. The third kappa shape index (κ3) is 3.22. The normalized spacial score (nSPS) is 32.3. The molecular formula is C13H23N3O2. The zero-order chi connectivity index (χ0) is 13.1. The molecule has 0 aromatic carbocycles. The number of rotatable bonds is 2. The van der Waals surface area contributed by atoms with E-state index in [-0.39, 0.29) is 23.9 Å². The van der Waals surface area contributed by atoms with Crippen molar-refractivity contribution in [2.45, 2.75) is 45.2 Å². The van der Waals surface area contributed by atoms with E-state index in [9.17, 15) is 9.59 Å². The summed E-state index contributed by atoms with van der Waals surface area (Å²) in [5, 5.41) is 6.19. The summed E-state index contributed by atoms with van der Waals surface area (Å²) in [5.41, 5.74) is 0. The van der Waals surface area contributed by atoms with Crippen LogP contribution in [-0.4, -0.2) is 48.4 Å². The molecule has 0 bridgehead atoms. The number of nitrogens with one attached hydrogen (secondary N) is 2. The van der Waals surface area contributed by atoms with Crippen molar-refractivity contribution in [3.05, 3.63) is 0 Å². The molecule has 2 aliphatic heterocycles. The number of likely N-dealkylation sites (tertiary alicyclic amines) is 1. The molecule has 102 valence electrons. The fraction of sp³-hybridized carbons (Fsp3) is 0.846. The first-order valence-corrected chi connectivity index (χ1v) is 6.85. The SMILES string of the molecule is CC(=O)NC1CCN(C(=O)C2CC(C)CCN2)C1. The Labute approximate surface area is 108 Å². The highest BCUT2D eigenvalue weighted by Gasteiger charge is 2.32. The van der Waals surface area contributed by atoms with E-state index < -0.39 is 0 Å². The maximum Gasteiger partial charge on any atom is 0.239 e. The lowest BCUT2D eigenvalue weighted by molar-refractivity contribution is -0.133. The summed E-state index contributed by atoms with van der Waals surface area (Å²) in [4.78, 5) is 25.2. The molecule has 18 heavy (non-hydrogen) atoms. The molecule has 0 spiro atoms. The minimum absolute atomic E-state index is 0.0151. The van der Waals surface area contributed by atoms with Crippen molar-refractivity contribution in [3.63, 3.8) is 0 Å². The highest BCUT2D eigenvalue weighted by molar-refractivity contribution is 5.82. The van der Waals surface area contributed by atoms with Crippen LogP contribution in [0.2, 0.25) is 0 Å². The van der Waals surface area contributed by atoms with Crippen molar-refractivity contribution in [1.29, 1.82) is 0 Å². The molecule has 2 N–H and O–H groups in total. The Morgan fingerprint density at radius 2 is 2.11 bits per heavy atom. The highest BCUT2D eigenvalue weighted by atomic mass is 16.2. The van der Waals surface area contributed by atoms with Gasteiger partial charge in [-0.25, -0.2) is 0 Å². The Kier molecular flexibility index (Phi) is 4.22. The monoisotopic (exact) mass is 253 g/mol. The summed E-state index contributed by atoms with van der Waals surface area (Å²) in [6.07, 6.45) is 2.95. The van der Waals surface area contributed by atoms with Crippen LogP contribution in [0.5, 0.6) is 0 Å². The topological polar surface area (TPSA) is 61.4 Å². The summed E-state index contributed by atoms with van der Waals surface area (Å²) in [6.45, 7) is 6.07. The zero-order valence-electron chi connectivity index (χ0n) is 11.2. The first-order chi connectivity index (χ1) is 8.56. The quantitative estimate of drug-likeness (QED) is 0.734. The minimum Gasteiger partial charge on any atom is -0.352 e. The van der Waals surface area contributed by atoms with E-state index in [4.69, 9.17) is 0 Å². The largest absolute Gasteiger partial charge is 0.352 e. The Morgan fingerprint density at radius 1 is 1.33 bits per heavy atom. The Hall–Kier alpha value is -1.10. The lowest BCUT2D eigenvalue weighted by Gasteiger charge is -2.30. The predicted octanol–water partition coefficient (Wildman–Crippen LogP) is 0.112. The van der Waals surface area contributed by atoms with Crippen LogP contribution in [0.4, 0.5) is 0 Å². The van der Waals surface area contributed by atoms with Gasteiger partial charge < -0.3 is 15.5 Å². The smallest absolute Gasteiger partial charge is 0.239 e. The van der Waals surface area contributed by atoms with Crippen molar-refractivity contribution in [1.82, 2.24) is 15.5 Å². The van der Waals surface area contributed by atoms with Crippen molar-refractivity contribution in [2.75, 3.05) is 19.6 Å². The van der Waals surface area contributed by atoms with Crippen LogP contribution in [0.25, 0.3) is 0 Å². The Balaban J connectivity index is 1.85. The van der Waals surface area contributed by atoms with Gasteiger partial charge in [-0.1, -0.05) is 6.92 Å². The molecule has 2 rings (SSSR count). The standard InChI is InChI=1S/C13H23N3O2/c1-9-3-5-14-12(7-9)13(18)16-6-4-11(8-16)15-10(2)17/h9,11-12,14H,3-8H2,1-2H3,(H,15,17). The third-order valence-corrected chi connectivity index (χ3v) is 3.87. The molecule has 2 heterocycles. The molecular weight excluding hydrogens is 230 g/mol. The number of hydrogen-bond acceptors (Lipinski definition) is 3. The molecule has 0 aromatic heterocycles. The summed E-state index contributed by atoms with van der Waals surface area (Å²) in [5.74, 6) is 0.807. The predicted molar refractivity (Wildman–Crippen MR) is 69.0 cm³/mol. The van der Waals surface area contributed by atoms with E-state index in [1.54, 1.807) is 0 Å². The van der Waals surface area contributed by atoms with Crippen LogP contribution in [0.3, 0.4) is 0 Å². The molecule has 5 nitrogen and oxygen atoms in total. The summed E-state index contributed by atoms with van der Waals surface area (Å²) in [6, 6.07) is 0.109. The molecule has 2 fully saturated rings. The van der Waals surface area contributed by atoms with Crippen molar-refractivity contribution >= 4 is 11.8 Å². The third-order valence-electron chi connectivity index (χ3n) is 3.87. The maximum absolute atomic E-state index is 12.3. The van der Waals surface area contributed by atoms with Crippen molar-refractivity contribution < 1.29 is 9.59 Å². The summed E-state index contributed by atoms with van der Waals surface area (Å²) < 4.78 is 0. The molecule has 2 amide bonds. The van der Waals surface area contributed by atoms with Crippen LogP contribution >= 0.6 is 0 Å². The van der Waals surface area contributed by atoms with Gasteiger partial charge in [-0.15, -0.1) is 0 Å². The van der Waals surface area contributed by atoms with Gasteiger partial charge in [0, 0.05) is 26.1 Å².